The van der Waals surface area contributed by atoms with Crippen LogP contribution >= 0.6 is 31.9 Å². The number of rotatable bonds is 2. The zero-order valence-corrected chi connectivity index (χ0v) is 14.9. The molecule has 0 amide bonds. The summed E-state index contributed by atoms with van der Waals surface area (Å²) in [7, 11) is 0. The highest BCUT2D eigenvalue weighted by atomic mass is 79.9. The van der Waals surface area contributed by atoms with Crippen LogP contribution in [-0.4, -0.2) is 4.98 Å². The van der Waals surface area contributed by atoms with Crippen molar-refractivity contribution < 1.29 is 4.42 Å². The molecule has 1 aromatic heterocycles. The summed E-state index contributed by atoms with van der Waals surface area (Å²) in [5.74, 6) is 0.621. The number of aryl methyl sites for hydroxylation is 2. The zero-order valence-electron chi connectivity index (χ0n) is 11.7. The molecule has 0 fully saturated rings. The Morgan fingerprint density at radius 2 is 1.90 bits per heavy atom. The molecule has 0 aliphatic carbocycles. The molecule has 1 heterocycles. The zero-order chi connectivity index (χ0) is 15.1. The van der Waals surface area contributed by atoms with Crippen LogP contribution in [-0.2, 0) is 6.42 Å². The van der Waals surface area contributed by atoms with Gasteiger partial charge in [-0.05, 0) is 56.8 Å². The topological polar surface area (TPSA) is 52.0 Å². The van der Waals surface area contributed by atoms with Gasteiger partial charge in [-0.15, -0.1) is 0 Å². The van der Waals surface area contributed by atoms with Gasteiger partial charge in [0.05, 0.1) is 10.2 Å². The molecule has 0 aliphatic rings. The smallest absolute Gasteiger partial charge is 0.227 e. The second-order valence-electron chi connectivity index (χ2n) is 4.89. The number of nitrogens with two attached hydrogens (primary N) is 1. The van der Waals surface area contributed by atoms with Crippen molar-refractivity contribution in [2.45, 2.75) is 20.3 Å². The van der Waals surface area contributed by atoms with E-state index in [1.54, 1.807) is 0 Å². The van der Waals surface area contributed by atoms with Gasteiger partial charge in [0, 0.05) is 15.6 Å². The van der Waals surface area contributed by atoms with Crippen LogP contribution in [0.5, 0.6) is 0 Å². The molecule has 3 rings (SSSR count). The van der Waals surface area contributed by atoms with Crippen LogP contribution in [0.15, 0.2) is 37.6 Å². The Balaban J connectivity index is 2.35. The number of benzene rings is 2. The molecule has 3 aromatic rings. The SMILES string of the molecule is CCc1c(Br)c(N)c(Br)c2nc(-c3ccccc3C)oc12. The summed E-state index contributed by atoms with van der Waals surface area (Å²) in [4.78, 5) is 4.64. The minimum absolute atomic E-state index is 0.621. The molecule has 2 N–H and O–H groups in total. The number of oxazole rings is 1. The predicted molar refractivity (Wildman–Crippen MR) is 93.4 cm³/mol. The van der Waals surface area contributed by atoms with Crippen molar-refractivity contribution in [2.24, 2.45) is 0 Å². The van der Waals surface area contributed by atoms with Gasteiger partial charge in [-0.25, -0.2) is 4.98 Å². The maximum absolute atomic E-state index is 6.13. The van der Waals surface area contributed by atoms with E-state index in [-0.39, 0.29) is 0 Å². The van der Waals surface area contributed by atoms with Crippen molar-refractivity contribution in [1.29, 1.82) is 0 Å². The average Bonchev–Trinajstić information content (AvgIpc) is 2.91. The largest absolute Gasteiger partial charge is 0.436 e. The fourth-order valence-corrected chi connectivity index (χ4v) is 3.80. The molecule has 0 unspecified atom stereocenters. The van der Waals surface area contributed by atoms with Crippen LogP contribution in [0.4, 0.5) is 5.69 Å². The molecule has 0 saturated carbocycles. The summed E-state index contributed by atoms with van der Waals surface area (Å²) in [6.45, 7) is 4.12. The Labute approximate surface area is 139 Å². The molecule has 0 spiro atoms. The normalized spacial score (nSPS) is 11.2. The minimum Gasteiger partial charge on any atom is -0.436 e. The first kappa shape index (κ1) is 14.6. The molecule has 3 nitrogen and oxygen atoms in total. The van der Waals surface area contributed by atoms with E-state index in [1.807, 2.05) is 31.2 Å². The minimum atomic E-state index is 0.621. The first-order valence-corrected chi connectivity index (χ1v) is 8.25. The third-order valence-corrected chi connectivity index (χ3v) is 5.28. The van der Waals surface area contributed by atoms with Gasteiger partial charge in [-0.3, -0.25) is 0 Å². The Kier molecular flexibility index (Phi) is 3.80. The first-order valence-electron chi connectivity index (χ1n) is 6.66. The molecule has 0 radical (unpaired) electrons. The van der Waals surface area contributed by atoms with E-state index in [2.05, 4.69) is 43.8 Å². The molecule has 0 saturated heterocycles. The molecular weight excluding hydrogens is 396 g/mol. The Bertz CT molecular complexity index is 840. The van der Waals surface area contributed by atoms with E-state index in [4.69, 9.17) is 10.2 Å². The number of nitrogen functional groups attached to an aromatic ring is 1. The third-order valence-electron chi connectivity index (χ3n) is 3.58. The van der Waals surface area contributed by atoms with Gasteiger partial charge in [0.15, 0.2) is 5.58 Å². The fourth-order valence-electron chi connectivity index (χ4n) is 2.40. The van der Waals surface area contributed by atoms with Crippen molar-refractivity contribution in [3.63, 3.8) is 0 Å². The van der Waals surface area contributed by atoms with Crippen molar-refractivity contribution >= 4 is 48.6 Å². The number of hydrogen-bond acceptors (Lipinski definition) is 3. The van der Waals surface area contributed by atoms with Crippen molar-refractivity contribution in [1.82, 2.24) is 4.98 Å². The second-order valence-corrected chi connectivity index (χ2v) is 6.47. The highest BCUT2D eigenvalue weighted by Gasteiger charge is 2.20. The summed E-state index contributed by atoms with van der Waals surface area (Å²) >= 11 is 7.07. The Morgan fingerprint density at radius 1 is 1.19 bits per heavy atom. The number of fused-ring (bicyclic) bond motifs is 1. The quantitative estimate of drug-likeness (QED) is 0.570. The molecule has 2 aromatic carbocycles. The standard InChI is InChI=1S/C16H14Br2N2O/c1-3-9-11(17)13(19)12(18)14-15(9)21-16(20-14)10-7-5-4-6-8(10)2/h4-7H,3,19H2,1-2H3. The molecule has 21 heavy (non-hydrogen) atoms. The lowest BCUT2D eigenvalue weighted by Crippen LogP contribution is -1.94. The van der Waals surface area contributed by atoms with Gasteiger partial charge in [0.25, 0.3) is 0 Å². The van der Waals surface area contributed by atoms with Gasteiger partial charge < -0.3 is 10.2 Å². The highest BCUT2D eigenvalue weighted by molar-refractivity contribution is 9.11. The van der Waals surface area contributed by atoms with Gasteiger partial charge in [-0.2, -0.15) is 0 Å². The molecule has 108 valence electrons. The number of aromatic nitrogens is 1. The van der Waals surface area contributed by atoms with Crippen LogP contribution in [0.1, 0.15) is 18.1 Å². The van der Waals surface area contributed by atoms with Gasteiger partial charge >= 0.3 is 0 Å². The number of nitrogens with zero attached hydrogens (tertiary/aromatic N) is 1. The summed E-state index contributed by atoms with van der Waals surface area (Å²) in [5.41, 5.74) is 11.5. The van der Waals surface area contributed by atoms with Crippen LogP contribution < -0.4 is 5.73 Å². The Morgan fingerprint density at radius 3 is 2.57 bits per heavy atom. The molecule has 0 atom stereocenters. The fraction of sp³-hybridized carbons (Fsp3) is 0.188. The van der Waals surface area contributed by atoms with E-state index in [9.17, 15) is 0 Å². The lowest BCUT2D eigenvalue weighted by Gasteiger charge is -2.07. The van der Waals surface area contributed by atoms with E-state index < -0.39 is 0 Å². The van der Waals surface area contributed by atoms with Gasteiger partial charge in [0.1, 0.15) is 5.52 Å². The van der Waals surface area contributed by atoms with Crippen molar-refractivity contribution in [3.8, 4) is 11.5 Å². The average molecular weight is 410 g/mol. The lowest BCUT2D eigenvalue weighted by molar-refractivity contribution is 0.615. The van der Waals surface area contributed by atoms with Gasteiger partial charge in [-0.1, -0.05) is 25.1 Å². The van der Waals surface area contributed by atoms with Gasteiger partial charge in [0.2, 0.25) is 5.89 Å². The molecule has 0 bridgehead atoms. The maximum atomic E-state index is 6.13. The summed E-state index contributed by atoms with van der Waals surface area (Å²) < 4.78 is 7.69. The summed E-state index contributed by atoms with van der Waals surface area (Å²) in [5, 5.41) is 0. The number of halogens is 2. The Hall–Kier alpha value is -1.33. The van der Waals surface area contributed by atoms with Crippen LogP contribution in [0.2, 0.25) is 0 Å². The summed E-state index contributed by atoms with van der Waals surface area (Å²) in [6.07, 6.45) is 0.816. The van der Waals surface area contributed by atoms with Crippen molar-refractivity contribution in [3.05, 3.63) is 44.3 Å². The number of hydrogen-bond donors (Lipinski definition) is 1. The van der Waals surface area contributed by atoms with E-state index in [1.165, 1.54) is 0 Å². The van der Waals surface area contributed by atoms with Crippen LogP contribution in [0.25, 0.3) is 22.6 Å². The van der Waals surface area contributed by atoms with E-state index >= 15 is 0 Å². The predicted octanol–water partition coefficient (Wildman–Crippen LogP) is 5.47. The van der Waals surface area contributed by atoms with E-state index in [0.717, 1.165) is 43.2 Å². The van der Waals surface area contributed by atoms with E-state index in [0.29, 0.717) is 11.6 Å². The molecule has 5 heteroatoms. The highest BCUT2D eigenvalue weighted by Crippen LogP contribution is 2.41. The maximum Gasteiger partial charge on any atom is 0.227 e. The third kappa shape index (κ3) is 2.28. The second kappa shape index (κ2) is 5.46. The van der Waals surface area contributed by atoms with Crippen LogP contribution in [0.3, 0.4) is 0 Å². The summed E-state index contributed by atoms with van der Waals surface area (Å²) in [6, 6.07) is 8.04. The van der Waals surface area contributed by atoms with Crippen LogP contribution in [0, 0.1) is 6.92 Å². The number of anilines is 1. The lowest BCUT2D eigenvalue weighted by atomic mass is 10.1. The first-order chi connectivity index (χ1) is 10.0. The molecular formula is C16H14Br2N2O. The monoisotopic (exact) mass is 408 g/mol. The van der Waals surface area contributed by atoms with Crippen molar-refractivity contribution in [2.75, 3.05) is 5.73 Å². The molecule has 0 aliphatic heterocycles.